The lowest BCUT2D eigenvalue weighted by atomic mass is 10.2. The summed E-state index contributed by atoms with van der Waals surface area (Å²) < 4.78 is 65.8. The van der Waals surface area contributed by atoms with Crippen molar-refractivity contribution in [1.29, 1.82) is 0 Å². The molecule has 2 heterocycles. The molecule has 9 heteroatoms. The fourth-order valence-corrected chi connectivity index (χ4v) is 4.68. The highest BCUT2D eigenvalue weighted by molar-refractivity contribution is 7.89. The second kappa shape index (κ2) is 4.73. The number of rotatable bonds is 2. The predicted molar refractivity (Wildman–Crippen MR) is 65.7 cm³/mol. The summed E-state index contributed by atoms with van der Waals surface area (Å²) >= 11 is 0. The highest BCUT2D eigenvalue weighted by Crippen LogP contribution is 2.37. The average molecular weight is 311 g/mol. The Balaban J connectivity index is 2.50. The molecule has 1 aliphatic heterocycles. The molecule has 5 nitrogen and oxygen atoms in total. The zero-order valence-corrected chi connectivity index (χ0v) is 12.2. The minimum Gasteiger partial charge on any atom is -0.271 e. The highest BCUT2D eigenvalue weighted by Gasteiger charge is 2.51. The fraction of sp³-hybridized carbons (Fsp3) is 0.727. The van der Waals surface area contributed by atoms with Gasteiger partial charge in [0.25, 0.3) is 0 Å². The van der Waals surface area contributed by atoms with Crippen LogP contribution in [-0.4, -0.2) is 41.3 Å². The first-order valence-corrected chi connectivity index (χ1v) is 7.59. The molecule has 1 aliphatic rings. The molecule has 0 saturated carbocycles. The first kappa shape index (κ1) is 15.3. The molecule has 0 spiro atoms. The second-order valence-corrected chi connectivity index (χ2v) is 6.77. The van der Waals surface area contributed by atoms with Crippen LogP contribution >= 0.6 is 0 Å². The molecule has 1 atom stereocenters. The van der Waals surface area contributed by atoms with E-state index in [1.165, 1.54) is 18.5 Å². The summed E-state index contributed by atoms with van der Waals surface area (Å²) in [6, 6.07) is -1.94. The van der Waals surface area contributed by atoms with Crippen molar-refractivity contribution in [3.8, 4) is 0 Å². The van der Waals surface area contributed by atoms with E-state index in [9.17, 15) is 21.6 Å². The van der Waals surface area contributed by atoms with E-state index >= 15 is 0 Å². The largest absolute Gasteiger partial charge is 0.405 e. The molecule has 114 valence electrons. The summed E-state index contributed by atoms with van der Waals surface area (Å²) in [5.41, 5.74) is 0.563. The molecular weight excluding hydrogens is 295 g/mol. The third kappa shape index (κ3) is 2.32. The molecule has 20 heavy (non-hydrogen) atoms. The molecule has 1 fully saturated rings. The van der Waals surface area contributed by atoms with Gasteiger partial charge < -0.3 is 0 Å². The van der Waals surface area contributed by atoms with E-state index < -0.39 is 22.2 Å². The van der Waals surface area contributed by atoms with Crippen molar-refractivity contribution in [3.63, 3.8) is 0 Å². The number of alkyl halides is 3. The summed E-state index contributed by atoms with van der Waals surface area (Å²) in [7, 11) is -2.62. The van der Waals surface area contributed by atoms with Crippen molar-refractivity contribution < 1.29 is 21.6 Å². The summed E-state index contributed by atoms with van der Waals surface area (Å²) in [6.07, 6.45) is -4.53. The molecule has 1 aromatic rings. The lowest BCUT2D eigenvalue weighted by Crippen LogP contribution is -2.44. The summed E-state index contributed by atoms with van der Waals surface area (Å²) in [6.45, 7) is 2.91. The number of hydrogen-bond acceptors (Lipinski definition) is 3. The monoisotopic (exact) mass is 311 g/mol. The smallest absolute Gasteiger partial charge is 0.271 e. The van der Waals surface area contributed by atoms with Crippen LogP contribution in [0.5, 0.6) is 0 Å². The Morgan fingerprint density at radius 1 is 1.30 bits per heavy atom. The lowest BCUT2D eigenvalue weighted by molar-refractivity contribution is -0.165. The molecule has 1 unspecified atom stereocenters. The predicted octanol–water partition coefficient (Wildman–Crippen LogP) is 1.75. The second-order valence-electron chi connectivity index (χ2n) is 4.94. The van der Waals surface area contributed by atoms with Crippen molar-refractivity contribution in [2.45, 2.75) is 43.8 Å². The van der Waals surface area contributed by atoms with Crippen LogP contribution < -0.4 is 0 Å². The Morgan fingerprint density at radius 3 is 2.35 bits per heavy atom. The fourth-order valence-electron chi connectivity index (χ4n) is 2.60. The highest BCUT2D eigenvalue weighted by atomic mass is 32.2. The van der Waals surface area contributed by atoms with Crippen molar-refractivity contribution in [3.05, 3.63) is 11.4 Å². The quantitative estimate of drug-likeness (QED) is 0.836. The Labute approximate surface area is 115 Å². The summed E-state index contributed by atoms with van der Waals surface area (Å²) in [5.74, 6) is 0. The van der Waals surface area contributed by atoms with Crippen LogP contribution in [0.25, 0.3) is 0 Å². The maximum atomic E-state index is 12.9. The third-order valence-electron chi connectivity index (χ3n) is 3.59. The van der Waals surface area contributed by atoms with Crippen LogP contribution in [0.1, 0.15) is 24.2 Å². The standard InChI is InChI=1S/C11H16F3N3O2S/c1-7-10(8(2)16(3)15-7)20(18,19)17-6-4-5-9(17)11(12,13)14/h9H,4-6H2,1-3H3. The topological polar surface area (TPSA) is 55.2 Å². The molecule has 0 aromatic carbocycles. The van der Waals surface area contributed by atoms with Crippen LogP contribution in [0.15, 0.2) is 4.90 Å². The zero-order chi connectivity index (χ0) is 15.3. The minimum atomic E-state index is -4.55. The van der Waals surface area contributed by atoms with Gasteiger partial charge in [-0.1, -0.05) is 0 Å². The van der Waals surface area contributed by atoms with Gasteiger partial charge in [0.1, 0.15) is 10.9 Å². The maximum absolute atomic E-state index is 12.9. The van der Waals surface area contributed by atoms with Gasteiger partial charge in [0.2, 0.25) is 10.0 Å². The Hall–Kier alpha value is -1.09. The van der Waals surface area contributed by atoms with Gasteiger partial charge in [-0.05, 0) is 26.7 Å². The minimum absolute atomic E-state index is 0.111. The number of aryl methyl sites for hydroxylation is 2. The molecule has 0 amide bonds. The van der Waals surface area contributed by atoms with Gasteiger partial charge in [-0.2, -0.15) is 22.6 Å². The average Bonchev–Trinajstić information content (AvgIpc) is 2.84. The summed E-state index contributed by atoms with van der Waals surface area (Å²) in [4.78, 5) is -0.115. The number of sulfonamides is 1. The van der Waals surface area contributed by atoms with Crippen LogP contribution in [0.3, 0.4) is 0 Å². The van der Waals surface area contributed by atoms with Crippen LogP contribution in [0, 0.1) is 13.8 Å². The third-order valence-corrected chi connectivity index (χ3v) is 5.75. The van der Waals surface area contributed by atoms with Crippen LogP contribution in [-0.2, 0) is 17.1 Å². The van der Waals surface area contributed by atoms with E-state index in [1.807, 2.05) is 0 Å². The molecular formula is C11H16F3N3O2S. The number of hydrogen-bond donors (Lipinski definition) is 0. The molecule has 1 aromatic heterocycles. The van der Waals surface area contributed by atoms with E-state index in [1.54, 1.807) is 7.05 Å². The Bertz CT molecular complexity index is 622. The van der Waals surface area contributed by atoms with Crippen LogP contribution in [0.4, 0.5) is 13.2 Å². The van der Waals surface area contributed by atoms with Crippen LogP contribution in [0.2, 0.25) is 0 Å². The first-order valence-electron chi connectivity index (χ1n) is 6.15. The van der Waals surface area contributed by atoms with E-state index in [0.717, 1.165) is 0 Å². The Kier molecular flexibility index (Phi) is 3.62. The van der Waals surface area contributed by atoms with E-state index in [2.05, 4.69) is 5.10 Å². The molecule has 0 aliphatic carbocycles. The molecule has 0 radical (unpaired) electrons. The van der Waals surface area contributed by atoms with Gasteiger partial charge in [0.05, 0.1) is 11.4 Å². The van der Waals surface area contributed by atoms with E-state index in [0.29, 0.717) is 10.00 Å². The molecule has 0 bridgehead atoms. The molecule has 2 rings (SSSR count). The van der Waals surface area contributed by atoms with Crippen molar-refractivity contribution >= 4 is 10.0 Å². The summed E-state index contributed by atoms with van der Waals surface area (Å²) in [5, 5.41) is 3.97. The number of nitrogens with zero attached hydrogens (tertiary/aromatic N) is 3. The van der Waals surface area contributed by atoms with Gasteiger partial charge in [-0.25, -0.2) is 8.42 Å². The number of halogens is 3. The first-order chi connectivity index (χ1) is 9.06. The van der Waals surface area contributed by atoms with Gasteiger partial charge in [-0.15, -0.1) is 0 Å². The molecule has 1 saturated heterocycles. The van der Waals surface area contributed by atoms with E-state index in [4.69, 9.17) is 0 Å². The molecule has 0 N–H and O–H groups in total. The van der Waals surface area contributed by atoms with E-state index in [-0.39, 0.29) is 30.0 Å². The van der Waals surface area contributed by atoms with Gasteiger partial charge in [0.15, 0.2) is 0 Å². The van der Waals surface area contributed by atoms with Crippen molar-refractivity contribution in [2.75, 3.05) is 6.54 Å². The number of aromatic nitrogens is 2. The van der Waals surface area contributed by atoms with Gasteiger partial charge >= 0.3 is 6.18 Å². The maximum Gasteiger partial charge on any atom is 0.405 e. The van der Waals surface area contributed by atoms with Crippen molar-refractivity contribution in [2.24, 2.45) is 7.05 Å². The van der Waals surface area contributed by atoms with Gasteiger partial charge in [0, 0.05) is 13.6 Å². The van der Waals surface area contributed by atoms with Crippen molar-refractivity contribution in [1.82, 2.24) is 14.1 Å². The Morgan fingerprint density at radius 2 is 1.90 bits per heavy atom. The SMILES string of the molecule is Cc1nn(C)c(C)c1S(=O)(=O)N1CCCC1C(F)(F)F. The normalized spacial score (nSPS) is 21.6. The zero-order valence-electron chi connectivity index (χ0n) is 11.4. The van der Waals surface area contributed by atoms with Gasteiger partial charge in [-0.3, -0.25) is 4.68 Å². The lowest BCUT2D eigenvalue weighted by Gasteiger charge is -2.25.